The van der Waals surface area contributed by atoms with Crippen molar-refractivity contribution in [3.8, 4) is 23.0 Å². The third-order valence-corrected chi connectivity index (χ3v) is 4.97. The second-order valence-electron chi connectivity index (χ2n) is 7.09. The van der Waals surface area contributed by atoms with Crippen molar-refractivity contribution >= 4 is 11.9 Å². The molecule has 32 heavy (non-hydrogen) atoms. The molecule has 3 rings (SSSR count). The molecule has 174 valence electrons. The first-order valence-corrected chi connectivity index (χ1v) is 10.2. The van der Waals surface area contributed by atoms with Gasteiger partial charge in [-0.05, 0) is 36.8 Å². The molecule has 1 aliphatic heterocycles. The van der Waals surface area contributed by atoms with Crippen LogP contribution >= 0.6 is 0 Å². The fourth-order valence-corrected chi connectivity index (χ4v) is 3.27. The summed E-state index contributed by atoms with van der Waals surface area (Å²) in [4.78, 5) is 19.5. The number of quaternary nitrogens is 1. The SMILES string of the molecule is CC[NH+](CCc1ccc(OC)c(OC)c1)CC1COc2ccccc2O1.O=C([O-])C(=O)O. The zero-order valence-corrected chi connectivity index (χ0v) is 18.5. The molecule has 0 radical (unpaired) electrons. The Hall–Kier alpha value is -3.46. The van der Waals surface area contributed by atoms with Crippen molar-refractivity contribution in [1.82, 2.24) is 0 Å². The molecule has 2 N–H and O–H groups in total. The predicted molar refractivity (Wildman–Crippen MR) is 113 cm³/mol. The van der Waals surface area contributed by atoms with Gasteiger partial charge in [0.25, 0.3) is 0 Å². The molecule has 2 aromatic rings. The van der Waals surface area contributed by atoms with Crippen molar-refractivity contribution in [2.45, 2.75) is 19.4 Å². The van der Waals surface area contributed by atoms with Gasteiger partial charge in [-0.2, -0.15) is 0 Å². The molecule has 2 unspecified atom stereocenters. The number of rotatable bonds is 8. The number of fused-ring (bicyclic) bond motifs is 1. The number of hydrogen-bond acceptors (Lipinski definition) is 7. The lowest BCUT2D eigenvalue weighted by Gasteiger charge is -2.29. The lowest BCUT2D eigenvalue weighted by Crippen LogP contribution is -3.13. The van der Waals surface area contributed by atoms with E-state index in [4.69, 9.17) is 38.7 Å². The highest BCUT2D eigenvalue weighted by Crippen LogP contribution is 2.30. The van der Waals surface area contributed by atoms with Crippen LogP contribution in [0, 0.1) is 0 Å². The van der Waals surface area contributed by atoms with Gasteiger partial charge in [-0.15, -0.1) is 0 Å². The van der Waals surface area contributed by atoms with Crippen molar-refractivity contribution in [3.05, 3.63) is 48.0 Å². The predicted octanol–water partition coefficient (Wildman–Crippen LogP) is -0.188. The van der Waals surface area contributed by atoms with E-state index in [0.717, 1.165) is 49.1 Å². The Labute approximate surface area is 187 Å². The zero-order valence-electron chi connectivity index (χ0n) is 18.5. The molecule has 9 heteroatoms. The standard InChI is InChI=1S/C21H27NO4.C2H2O4/c1-4-22(12-11-16-9-10-18(23-2)21(13-16)24-3)14-17-15-25-19-7-5-6-8-20(19)26-17;3-1(4)2(5)6/h5-10,13,17H,4,11-12,14-15H2,1-3H3;(H,3,4)(H,5,6). The Kier molecular flexibility index (Phi) is 9.62. The minimum absolute atomic E-state index is 0.0882. The largest absolute Gasteiger partial charge is 0.539 e. The maximum atomic E-state index is 9.04. The lowest BCUT2D eigenvalue weighted by atomic mass is 10.1. The summed E-state index contributed by atoms with van der Waals surface area (Å²) in [5.41, 5.74) is 1.25. The van der Waals surface area contributed by atoms with E-state index in [2.05, 4.69) is 19.1 Å². The molecule has 1 heterocycles. The minimum atomic E-state index is -2.07. The molecule has 0 fully saturated rings. The van der Waals surface area contributed by atoms with Crippen LogP contribution in [-0.4, -0.2) is 63.6 Å². The molecule has 0 bridgehead atoms. The maximum Gasteiger partial charge on any atom is 0.351 e. The number of methoxy groups -OCH3 is 2. The molecule has 0 spiro atoms. The summed E-state index contributed by atoms with van der Waals surface area (Å²) >= 11 is 0. The second kappa shape index (κ2) is 12.4. The number of benzene rings is 2. The normalized spacial score (nSPS) is 15.0. The van der Waals surface area contributed by atoms with Crippen molar-refractivity contribution < 1.29 is 43.6 Å². The summed E-state index contributed by atoms with van der Waals surface area (Å²) in [6.07, 6.45) is 1.07. The van der Waals surface area contributed by atoms with Crippen LogP contribution in [0.3, 0.4) is 0 Å². The first kappa shape index (κ1) is 24.8. The van der Waals surface area contributed by atoms with Crippen LogP contribution in [-0.2, 0) is 16.0 Å². The van der Waals surface area contributed by atoms with Crippen molar-refractivity contribution in [2.75, 3.05) is 40.5 Å². The fourth-order valence-electron chi connectivity index (χ4n) is 3.27. The van der Waals surface area contributed by atoms with Crippen LogP contribution in [0.4, 0.5) is 0 Å². The highest BCUT2D eigenvalue weighted by molar-refractivity contribution is 6.26. The molecule has 2 atom stereocenters. The smallest absolute Gasteiger partial charge is 0.351 e. The molecule has 2 aromatic carbocycles. The van der Waals surface area contributed by atoms with Crippen LogP contribution in [0.5, 0.6) is 23.0 Å². The zero-order chi connectivity index (χ0) is 23.5. The Bertz CT molecular complexity index is 889. The number of carboxylic acids is 2. The summed E-state index contributed by atoms with van der Waals surface area (Å²) in [5.74, 6) is -0.776. The van der Waals surface area contributed by atoms with E-state index in [9.17, 15) is 0 Å². The lowest BCUT2D eigenvalue weighted by molar-refractivity contribution is -0.900. The number of carbonyl (C=O) groups excluding carboxylic acids is 1. The molecular weight excluding hydrogens is 418 g/mol. The number of likely N-dealkylation sites (N-methyl/N-ethyl adjacent to an activating group) is 1. The van der Waals surface area contributed by atoms with Gasteiger partial charge in [0, 0.05) is 6.42 Å². The van der Waals surface area contributed by atoms with Gasteiger partial charge in [0.1, 0.15) is 13.2 Å². The molecule has 0 saturated carbocycles. The summed E-state index contributed by atoms with van der Waals surface area (Å²) in [6.45, 7) is 5.83. The third kappa shape index (κ3) is 7.35. The second-order valence-corrected chi connectivity index (χ2v) is 7.09. The summed E-state index contributed by atoms with van der Waals surface area (Å²) in [5, 5.41) is 16.3. The van der Waals surface area contributed by atoms with Crippen molar-refractivity contribution in [2.24, 2.45) is 0 Å². The van der Waals surface area contributed by atoms with Gasteiger partial charge in [0.05, 0.1) is 27.3 Å². The fraction of sp³-hybridized carbons (Fsp3) is 0.391. The molecule has 0 saturated heterocycles. The van der Waals surface area contributed by atoms with Crippen molar-refractivity contribution in [3.63, 3.8) is 0 Å². The topological polar surface area (TPSA) is 119 Å². The average Bonchev–Trinajstić information content (AvgIpc) is 2.81. The molecule has 0 aliphatic carbocycles. The van der Waals surface area contributed by atoms with Crippen LogP contribution in [0.25, 0.3) is 0 Å². The van der Waals surface area contributed by atoms with E-state index in [1.54, 1.807) is 14.2 Å². The number of carbonyl (C=O) groups is 2. The summed E-state index contributed by atoms with van der Waals surface area (Å²) in [7, 11) is 3.33. The summed E-state index contributed by atoms with van der Waals surface area (Å²) < 4.78 is 22.6. The van der Waals surface area contributed by atoms with Gasteiger partial charge >= 0.3 is 5.97 Å². The Morgan fingerprint density at radius 2 is 1.78 bits per heavy atom. The number of hydrogen-bond donors (Lipinski definition) is 2. The number of para-hydroxylation sites is 2. The van der Waals surface area contributed by atoms with Crippen LogP contribution in [0.2, 0.25) is 0 Å². The van der Waals surface area contributed by atoms with Crippen LogP contribution in [0.15, 0.2) is 42.5 Å². The van der Waals surface area contributed by atoms with Gasteiger partial charge in [-0.1, -0.05) is 18.2 Å². The van der Waals surface area contributed by atoms with E-state index < -0.39 is 11.9 Å². The number of carboxylic acid groups (broad SMARTS) is 2. The highest BCUT2D eigenvalue weighted by atomic mass is 16.6. The monoisotopic (exact) mass is 447 g/mol. The van der Waals surface area contributed by atoms with Gasteiger partial charge in [0.15, 0.2) is 35.1 Å². The van der Waals surface area contributed by atoms with Gasteiger partial charge in [-0.25, -0.2) is 4.79 Å². The van der Waals surface area contributed by atoms with E-state index in [-0.39, 0.29) is 6.10 Å². The van der Waals surface area contributed by atoms with Gasteiger partial charge in [0.2, 0.25) is 0 Å². The van der Waals surface area contributed by atoms with E-state index in [1.807, 2.05) is 30.3 Å². The Morgan fingerprint density at radius 1 is 1.12 bits per heavy atom. The molecule has 0 aromatic heterocycles. The summed E-state index contributed by atoms with van der Waals surface area (Å²) in [6, 6.07) is 14.0. The Morgan fingerprint density at radius 3 is 2.38 bits per heavy atom. The third-order valence-electron chi connectivity index (χ3n) is 4.97. The Balaban J connectivity index is 0.000000534. The first-order chi connectivity index (χ1) is 15.4. The highest BCUT2D eigenvalue weighted by Gasteiger charge is 2.24. The number of ether oxygens (including phenoxy) is 4. The number of aliphatic carboxylic acids is 2. The van der Waals surface area contributed by atoms with Crippen molar-refractivity contribution in [1.29, 1.82) is 0 Å². The first-order valence-electron chi connectivity index (χ1n) is 10.2. The molecule has 0 amide bonds. The average molecular weight is 447 g/mol. The van der Waals surface area contributed by atoms with Crippen LogP contribution < -0.4 is 29.0 Å². The minimum Gasteiger partial charge on any atom is -0.539 e. The quantitative estimate of drug-likeness (QED) is 0.535. The van der Waals surface area contributed by atoms with Gasteiger partial charge < -0.3 is 38.9 Å². The van der Waals surface area contributed by atoms with E-state index in [1.165, 1.54) is 10.5 Å². The maximum absolute atomic E-state index is 9.04. The van der Waals surface area contributed by atoms with Crippen LogP contribution in [0.1, 0.15) is 12.5 Å². The number of nitrogens with one attached hydrogen (secondary N) is 1. The van der Waals surface area contributed by atoms with E-state index >= 15 is 0 Å². The molecule has 9 nitrogen and oxygen atoms in total. The molecule has 1 aliphatic rings. The van der Waals surface area contributed by atoms with E-state index in [0.29, 0.717) is 6.61 Å². The van der Waals surface area contributed by atoms with Gasteiger partial charge in [-0.3, -0.25) is 0 Å². The molecular formula is C23H29NO8.